The molecule has 14 heteroatoms. The number of aromatic nitrogens is 1. The Balaban J connectivity index is 1.59. The molecule has 0 spiro atoms. The predicted octanol–water partition coefficient (Wildman–Crippen LogP) is 3.76. The number of thiazole rings is 1. The van der Waals surface area contributed by atoms with Gasteiger partial charge in [-0.15, -0.1) is 0 Å². The summed E-state index contributed by atoms with van der Waals surface area (Å²) in [6.07, 6.45) is 0.512. The van der Waals surface area contributed by atoms with E-state index in [2.05, 4.69) is 9.88 Å². The van der Waals surface area contributed by atoms with Crippen LogP contribution in [0.3, 0.4) is 0 Å². The molecule has 2 aromatic carbocycles. The van der Waals surface area contributed by atoms with Crippen LogP contribution in [-0.4, -0.2) is 81.0 Å². The molecule has 1 aromatic heterocycles. The van der Waals surface area contributed by atoms with E-state index in [4.69, 9.17) is 15.3 Å². The Labute approximate surface area is 241 Å². The molecular formula is C27H28F2N6O4S2. The molecule has 1 aliphatic rings. The molecule has 1 fully saturated rings. The second-order valence-corrected chi connectivity index (χ2v) is 12.2. The average molecular weight is 603 g/mol. The Bertz CT molecular complexity index is 1540. The van der Waals surface area contributed by atoms with E-state index in [1.807, 2.05) is 12.1 Å². The van der Waals surface area contributed by atoms with Gasteiger partial charge in [0.2, 0.25) is 10.0 Å². The highest BCUT2D eigenvalue weighted by Crippen LogP contribution is 2.32. The van der Waals surface area contributed by atoms with Crippen molar-refractivity contribution in [2.24, 2.45) is 0 Å². The van der Waals surface area contributed by atoms with Gasteiger partial charge in [-0.25, -0.2) is 22.2 Å². The van der Waals surface area contributed by atoms with Crippen LogP contribution in [0.5, 0.6) is 0 Å². The lowest BCUT2D eigenvalue weighted by molar-refractivity contribution is 0.0376. The molecule has 1 amide bonds. The van der Waals surface area contributed by atoms with Crippen molar-refractivity contribution in [2.75, 3.05) is 57.4 Å². The van der Waals surface area contributed by atoms with Gasteiger partial charge in [-0.3, -0.25) is 14.6 Å². The van der Waals surface area contributed by atoms with Gasteiger partial charge in [-0.1, -0.05) is 11.3 Å². The minimum Gasteiger partial charge on any atom is -0.379 e. The zero-order valence-corrected chi connectivity index (χ0v) is 23.8. The van der Waals surface area contributed by atoms with Gasteiger partial charge >= 0.3 is 0 Å². The maximum Gasteiger partial charge on any atom is 0.260 e. The van der Waals surface area contributed by atoms with Crippen molar-refractivity contribution in [1.29, 1.82) is 10.5 Å². The highest BCUT2D eigenvalue weighted by molar-refractivity contribution is 7.89. The number of carbonyl (C=O) groups is 1. The van der Waals surface area contributed by atoms with E-state index in [1.54, 1.807) is 0 Å². The Morgan fingerprint density at radius 2 is 1.71 bits per heavy atom. The second-order valence-electron chi connectivity index (χ2n) is 9.24. The Morgan fingerprint density at radius 3 is 2.34 bits per heavy atom. The van der Waals surface area contributed by atoms with Crippen molar-refractivity contribution in [3.8, 4) is 12.1 Å². The zero-order chi connectivity index (χ0) is 29.4. The van der Waals surface area contributed by atoms with Crippen molar-refractivity contribution >= 4 is 42.6 Å². The lowest BCUT2D eigenvalue weighted by Gasteiger charge is -2.27. The summed E-state index contributed by atoms with van der Waals surface area (Å²) in [4.78, 5) is 21.5. The van der Waals surface area contributed by atoms with Gasteiger partial charge in [-0.05, 0) is 36.8 Å². The van der Waals surface area contributed by atoms with Crippen LogP contribution >= 0.6 is 11.3 Å². The number of halogens is 2. The summed E-state index contributed by atoms with van der Waals surface area (Å²) in [5.74, 6) is -2.04. The SMILES string of the molecule is N#CCCN(CCC#N)S(=O)(=O)c1ccc(C(=O)N(CCCN2CCOCC2)c2nc3c(F)cc(F)cc3s2)cc1. The number of hydrogen-bond acceptors (Lipinski definition) is 9. The fraction of sp³-hybridized carbons (Fsp3) is 0.407. The Hall–Kier alpha value is -3.53. The normalized spacial score (nSPS) is 14.2. The third kappa shape index (κ3) is 7.41. The van der Waals surface area contributed by atoms with Crippen LogP contribution in [0, 0.1) is 34.3 Å². The number of morpholine rings is 1. The van der Waals surface area contributed by atoms with Crippen LogP contribution in [0.4, 0.5) is 13.9 Å². The van der Waals surface area contributed by atoms with Crippen molar-refractivity contribution < 1.29 is 26.7 Å². The lowest BCUT2D eigenvalue weighted by atomic mass is 10.2. The molecule has 2 heterocycles. The largest absolute Gasteiger partial charge is 0.379 e. The number of benzene rings is 2. The molecule has 0 radical (unpaired) electrons. The molecule has 0 unspecified atom stereocenters. The van der Waals surface area contributed by atoms with E-state index in [9.17, 15) is 22.0 Å². The molecule has 4 rings (SSSR count). The summed E-state index contributed by atoms with van der Waals surface area (Å²) >= 11 is 0.994. The predicted molar refractivity (Wildman–Crippen MR) is 149 cm³/mol. The molecule has 41 heavy (non-hydrogen) atoms. The molecule has 0 saturated carbocycles. The van der Waals surface area contributed by atoms with Gasteiger partial charge in [-0.2, -0.15) is 14.8 Å². The summed E-state index contributed by atoms with van der Waals surface area (Å²) in [7, 11) is -4.01. The zero-order valence-electron chi connectivity index (χ0n) is 22.1. The quantitative estimate of drug-likeness (QED) is 0.306. The minimum atomic E-state index is -4.01. The maximum absolute atomic E-state index is 14.4. The van der Waals surface area contributed by atoms with E-state index in [0.717, 1.165) is 34.8 Å². The summed E-state index contributed by atoms with van der Waals surface area (Å²) < 4.78 is 61.3. The highest BCUT2D eigenvalue weighted by atomic mass is 32.2. The van der Waals surface area contributed by atoms with Crippen molar-refractivity contribution in [2.45, 2.75) is 24.2 Å². The molecule has 0 aliphatic carbocycles. The smallest absolute Gasteiger partial charge is 0.260 e. The number of fused-ring (bicyclic) bond motifs is 1. The van der Waals surface area contributed by atoms with Crippen LogP contribution in [0.1, 0.15) is 29.6 Å². The van der Waals surface area contributed by atoms with Crippen molar-refractivity contribution in [1.82, 2.24) is 14.2 Å². The van der Waals surface area contributed by atoms with Gasteiger partial charge in [0.1, 0.15) is 11.3 Å². The maximum atomic E-state index is 14.4. The number of amides is 1. The summed E-state index contributed by atoms with van der Waals surface area (Å²) in [5, 5.41) is 18.0. The number of nitrogens with zero attached hydrogens (tertiary/aromatic N) is 6. The van der Waals surface area contributed by atoms with Gasteiger partial charge in [0.25, 0.3) is 5.91 Å². The van der Waals surface area contributed by atoms with Crippen LogP contribution in [0.2, 0.25) is 0 Å². The molecule has 0 bridgehead atoms. The molecule has 1 saturated heterocycles. The van der Waals surface area contributed by atoms with Gasteiger partial charge in [0, 0.05) is 63.7 Å². The van der Waals surface area contributed by atoms with E-state index in [-0.39, 0.29) is 58.3 Å². The monoisotopic (exact) mass is 602 g/mol. The summed E-state index contributed by atoms with van der Waals surface area (Å²) in [6.45, 7) is 3.62. The molecular weight excluding hydrogens is 574 g/mol. The number of anilines is 1. The Morgan fingerprint density at radius 1 is 1.05 bits per heavy atom. The number of sulfonamides is 1. The van der Waals surface area contributed by atoms with E-state index in [1.165, 1.54) is 35.2 Å². The van der Waals surface area contributed by atoms with Crippen LogP contribution in [0.25, 0.3) is 10.2 Å². The van der Waals surface area contributed by atoms with Crippen LogP contribution in [0.15, 0.2) is 41.3 Å². The number of carbonyl (C=O) groups excluding carboxylic acids is 1. The second kappa shape index (κ2) is 13.9. The lowest BCUT2D eigenvalue weighted by Crippen LogP contribution is -2.39. The standard InChI is InChI=1S/C27H28F2N6O4S2/c28-21-18-23(29)25-24(19-21)40-27(32-25)35(13-3-10-33-14-16-39-17-15-33)26(36)20-4-6-22(7-5-20)41(37,38)34(11-1-8-30)12-2-9-31/h4-7,18-19H,1-3,10-17H2. The number of nitriles is 2. The van der Waals surface area contributed by atoms with Crippen LogP contribution < -0.4 is 4.90 Å². The number of rotatable bonds is 12. The molecule has 10 nitrogen and oxygen atoms in total. The van der Waals surface area contributed by atoms with E-state index in [0.29, 0.717) is 26.2 Å². The summed E-state index contributed by atoms with van der Waals surface area (Å²) in [6, 6.07) is 11.1. The first-order chi connectivity index (χ1) is 19.7. The summed E-state index contributed by atoms with van der Waals surface area (Å²) in [5.41, 5.74) is 0.149. The molecule has 3 aromatic rings. The third-order valence-electron chi connectivity index (χ3n) is 6.52. The van der Waals surface area contributed by atoms with Gasteiger partial charge in [0.15, 0.2) is 10.9 Å². The first-order valence-corrected chi connectivity index (χ1v) is 15.2. The average Bonchev–Trinajstić information content (AvgIpc) is 3.39. The van der Waals surface area contributed by atoms with E-state index >= 15 is 0 Å². The first kappa shape index (κ1) is 30.4. The molecule has 0 atom stereocenters. The minimum absolute atomic E-state index is 0.0337. The highest BCUT2D eigenvalue weighted by Gasteiger charge is 2.26. The molecule has 216 valence electrons. The third-order valence-corrected chi connectivity index (χ3v) is 9.46. The topological polar surface area (TPSA) is 131 Å². The van der Waals surface area contributed by atoms with Crippen LogP contribution in [-0.2, 0) is 14.8 Å². The molecule has 1 aliphatic heterocycles. The molecule has 0 N–H and O–H groups in total. The number of ether oxygens (including phenoxy) is 1. The fourth-order valence-corrected chi connectivity index (χ4v) is 6.87. The van der Waals surface area contributed by atoms with Crippen molar-refractivity contribution in [3.63, 3.8) is 0 Å². The first-order valence-electron chi connectivity index (χ1n) is 13.0. The Kier molecular flexibility index (Phi) is 10.3. The number of hydrogen-bond donors (Lipinski definition) is 0. The van der Waals surface area contributed by atoms with E-state index < -0.39 is 27.6 Å². The fourth-order valence-electron chi connectivity index (χ4n) is 4.40. The van der Waals surface area contributed by atoms with Gasteiger partial charge in [0.05, 0.1) is 34.9 Å². The van der Waals surface area contributed by atoms with Gasteiger partial charge < -0.3 is 4.74 Å². The van der Waals surface area contributed by atoms with Crippen molar-refractivity contribution in [3.05, 3.63) is 53.6 Å².